The van der Waals surface area contributed by atoms with Crippen LogP contribution < -0.4 is 4.72 Å². The average molecular weight is 330 g/mol. The number of hydrogen-bond donors (Lipinski definition) is 2. The molecule has 0 radical (unpaired) electrons. The van der Waals surface area contributed by atoms with E-state index < -0.39 is 10.0 Å². The molecule has 0 atom stereocenters. The highest BCUT2D eigenvalue weighted by atomic mass is 35.5. The van der Waals surface area contributed by atoms with Gasteiger partial charge in [-0.3, -0.25) is 0 Å². The Hall–Kier alpha value is -1.06. The van der Waals surface area contributed by atoms with Gasteiger partial charge in [-0.05, 0) is 30.5 Å². The van der Waals surface area contributed by atoms with Crippen molar-refractivity contribution in [2.75, 3.05) is 13.2 Å². The van der Waals surface area contributed by atoms with E-state index in [4.69, 9.17) is 16.7 Å². The van der Waals surface area contributed by atoms with Crippen molar-refractivity contribution in [1.29, 1.82) is 0 Å². The summed E-state index contributed by atoms with van der Waals surface area (Å²) < 4.78 is 26.8. The van der Waals surface area contributed by atoms with Crippen LogP contribution in [0.1, 0.15) is 32.3 Å². The molecule has 21 heavy (non-hydrogen) atoms. The summed E-state index contributed by atoms with van der Waals surface area (Å²) in [6, 6.07) is 4.57. The molecule has 0 aromatic heterocycles. The molecule has 0 heterocycles. The van der Waals surface area contributed by atoms with Crippen LogP contribution in [0.3, 0.4) is 0 Å². The monoisotopic (exact) mass is 329 g/mol. The fourth-order valence-corrected chi connectivity index (χ4v) is 3.17. The zero-order chi connectivity index (χ0) is 15.9. The van der Waals surface area contributed by atoms with E-state index in [-0.39, 0.29) is 16.5 Å². The Labute approximate surface area is 131 Å². The summed E-state index contributed by atoms with van der Waals surface area (Å²) in [4.78, 5) is 0.0561. The van der Waals surface area contributed by atoms with E-state index in [9.17, 15) is 8.42 Å². The van der Waals surface area contributed by atoms with E-state index in [1.165, 1.54) is 12.1 Å². The molecular weight excluding hydrogens is 310 g/mol. The molecular formula is C15H20ClNO3S. The Balaban J connectivity index is 2.86. The normalized spacial score (nSPS) is 11.3. The highest BCUT2D eigenvalue weighted by Gasteiger charge is 2.17. The maximum Gasteiger partial charge on any atom is 0.242 e. The lowest BCUT2D eigenvalue weighted by molar-refractivity contribution is 0.305. The number of benzene rings is 1. The maximum atomic E-state index is 12.1. The van der Waals surface area contributed by atoms with Crippen LogP contribution in [0.2, 0.25) is 5.02 Å². The van der Waals surface area contributed by atoms with Gasteiger partial charge in [0.05, 0.1) is 11.6 Å². The SMILES string of the molecule is CC(C)CCNS(=O)(=O)c1ccc(C#CCCO)cc1Cl. The summed E-state index contributed by atoms with van der Waals surface area (Å²) in [6.45, 7) is 4.43. The topological polar surface area (TPSA) is 66.4 Å². The van der Waals surface area contributed by atoms with Crippen molar-refractivity contribution in [1.82, 2.24) is 4.72 Å². The number of aliphatic hydroxyl groups excluding tert-OH is 1. The summed E-state index contributed by atoms with van der Waals surface area (Å²) in [5.41, 5.74) is 0.620. The molecule has 4 nitrogen and oxygen atoms in total. The maximum absolute atomic E-state index is 12.1. The second-order valence-corrected chi connectivity index (χ2v) is 7.14. The molecule has 2 N–H and O–H groups in total. The quantitative estimate of drug-likeness (QED) is 0.788. The molecule has 0 saturated heterocycles. The molecule has 6 heteroatoms. The minimum Gasteiger partial charge on any atom is -0.395 e. The highest BCUT2D eigenvalue weighted by Crippen LogP contribution is 2.22. The second-order valence-electron chi connectivity index (χ2n) is 5.00. The molecule has 0 spiro atoms. The fraction of sp³-hybridized carbons (Fsp3) is 0.467. The van der Waals surface area contributed by atoms with Crippen molar-refractivity contribution in [2.24, 2.45) is 5.92 Å². The van der Waals surface area contributed by atoms with Crippen molar-refractivity contribution < 1.29 is 13.5 Å². The van der Waals surface area contributed by atoms with Gasteiger partial charge in [0.2, 0.25) is 10.0 Å². The van der Waals surface area contributed by atoms with Crippen LogP contribution in [-0.2, 0) is 10.0 Å². The van der Waals surface area contributed by atoms with E-state index in [2.05, 4.69) is 16.6 Å². The first kappa shape index (κ1) is 18.0. The molecule has 1 aromatic carbocycles. The van der Waals surface area contributed by atoms with E-state index >= 15 is 0 Å². The first-order valence-electron chi connectivity index (χ1n) is 6.75. The molecule has 0 unspecified atom stereocenters. The van der Waals surface area contributed by atoms with E-state index in [0.717, 1.165) is 6.42 Å². The largest absolute Gasteiger partial charge is 0.395 e. The Morgan fingerprint density at radius 1 is 1.38 bits per heavy atom. The summed E-state index contributed by atoms with van der Waals surface area (Å²) in [6.07, 6.45) is 1.13. The van der Waals surface area contributed by atoms with Crippen molar-refractivity contribution in [3.05, 3.63) is 28.8 Å². The van der Waals surface area contributed by atoms with Gasteiger partial charge >= 0.3 is 0 Å². The number of nitrogens with one attached hydrogen (secondary N) is 1. The number of halogens is 1. The summed E-state index contributed by atoms with van der Waals surface area (Å²) in [5.74, 6) is 6.00. The zero-order valence-electron chi connectivity index (χ0n) is 12.2. The van der Waals surface area contributed by atoms with Gasteiger partial charge in [0, 0.05) is 18.5 Å². The van der Waals surface area contributed by atoms with Crippen LogP contribution in [0.5, 0.6) is 0 Å². The minimum atomic E-state index is -3.60. The highest BCUT2D eigenvalue weighted by molar-refractivity contribution is 7.89. The van der Waals surface area contributed by atoms with Gasteiger partial charge in [0.25, 0.3) is 0 Å². The molecule has 0 aliphatic rings. The first-order valence-corrected chi connectivity index (χ1v) is 8.62. The third kappa shape index (κ3) is 6.06. The lowest BCUT2D eigenvalue weighted by Gasteiger charge is -2.09. The van der Waals surface area contributed by atoms with Gasteiger partial charge in [0.15, 0.2) is 0 Å². The third-order valence-corrected chi connectivity index (χ3v) is 4.65. The summed E-state index contributed by atoms with van der Waals surface area (Å²) in [7, 11) is -3.60. The van der Waals surface area contributed by atoms with Gasteiger partial charge in [-0.2, -0.15) is 0 Å². The average Bonchev–Trinajstić information content (AvgIpc) is 2.38. The minimum absolute atomic E-state index is 0.00698. The molecule has 0 aliphatic carbocycles. The van der Waals surface area contributed by atoms with E-state index in [1.54, 1.807) is 6.07 Å². The van der Waals surface area contributed by atoms with Crippen LogP contribution >= 0.6 is 11.6 Å². The lowest BCUT2D eigenvalue weighted by Crippen LogP contribution is -2.25. The van der Waals surface area contributed by atoms with Gasteiger partial charge < -0.3 is 5.11 Å². The molecule has 0 fully saturated rings. The Morgan fingerprint density at radius 3 is 2.67 bits per heavy atom. The van der Waals surface area contributed by atoms with Gasteiger partial charge in [-0.1, -0.05) is 37.3 Å². The van der Waals surface area contributed by atoms with Crippen LogP contribution in [0.4, 0.5) is 0 Å². The first-order chi connectivity index (χ1) is 9.86. The predicted molar refractivity (Wildman–Crippen MR) is 84.7 cm³/mol. The predicted octanol–water partition coefficient (Wildman–Crippen LogP) is 2.40. The van der Waals surface area contributed by atoms with Gasteiger partial charge in [-0.15, -0.1) is 0 Å². The van der Waals surface area contributed by atoms with E-state index in [1.807, 2.05) is 13.8 Å². The standard InChI is InChI=1S/C15H20ClNO3S/c1-12(2)8-9-17-21(19,20)15-7-6-13(11-14(15)16)5-3-4-10-18/h6-7,11-12,17-18H,4,8-10H2,1-2H3. The summed E-state index contributed by atoms with van der Waals surface area (Å²) >= 11 is 6.03. The van der Waals surface area contributed by atoms with E-state index in [0.29, 0.717) is 24.4 Å². The Bertz CT molecular complexity index is 630. The molecule has 116 valence electrons. The van der Waals surface area contributed by atoms with Gasteiger partial charge in [0.1, 0.15) is 4.90 Å². The van der Waals surface area contributed by atoms with Crippen LogP contribution in [0, 0.1) is 17.8 Å². The summed E-state index contributed by atoms with van der Waals surface area (Å²) in [5, 5.41) is 8.80. The third-order valence-electron chi connectivity index (χ3n) is 2.70. The molecule has 0 bridgehead atoms. The number of rotatable bonds is 6. The fourth-order valence-electron chi connectivity index (χ4n) is 1.58. The number of aliphatic hydroxyl groups is 1. The van der Waals surface area contributed by atoms with Crippen LogP contribution in [-0.4, -0.2) is 26.7 Å². The Morgan fingerprint density at radius 2 is 2.10 bits per heavy atom. The molecule has 1 aromatic rings. The second kappa shape index (κ2) is 8.40. The van der Waals surface area contributed by atoms with Gasteiger partial charge in [-0.25, -0.2) is 13.1 Å². The van der Waals surface area contributed by atoms with Crippen molar-refractivity contribution in [3.8, 4) is 11.8 Å². The molecule has 0 aliphatic heterocycles. The Kier molecular flexibility index (Phi) is 7.20. The van der Waals surface area contributed by atoms with Crippen molar-refractivity contribution in [3.63, 3.8) is 0 Å². The number of sulfonamides is 1. The molecule has 0 amide bonds. The molecule has 1 rings (SSSR count). The van der Waals surface area contributed by atoms with Crippen LogP contribution in [0.15, 0.2) is 23.1 Å². The van der Waals surface area contributed by atoms with Crippen molar-refractivity contribution >= 4 is 21.6 Å². The number of hydrogen-bond acceptors (Lipinski definition) is 3. The zero-order valence-corrected chi connectivity index (χ0v) is 13.8. The van der Waals surface area contributed by atoms with Crippen molar-refractivity contribution in [2.45, 2.75) is 31.6 Å². The lowest BCUT2D eigenvalue weighted by atomic mass is 10.1. The van der Waals surface area contributed by atoms with Crippen LogP contribution in [0.25, 0.3) is 0 Å². The smallest absolute Gasteiger partial charge is 0.242 e. The molecule has 0 saturated carbocycles.